The topological polar surface area (TPSA) is 51.6 Å². The Morgan fingerprint density at radius 1 is 0.755 bits per heavy atom. The second kappa shape index (κ2) is 12.8. The summed E-state index contributed by atoms with van der Waals surface area (Å²) in [6.45, 7) is 23.0. The minimum absolute atomic E-state index is 0.0358. The summed E-state index contributed by atoms with van der Waals surface area (Å²) in [5.74, 6) is 2.82. The Labute approximate surface area is 316 Å². The van der Waals surface area contributed by atoms with Crippen molar-refractivity contribution in [3.05, 3.63) is 133 Å². The Balaban J connectivity index is 1.45. The number of aryl methyl sites for hydroxylation is 1. The molecule has 0 bridgehead atoms. The number of pyridine rings is 1. The normalized spacial score (nSPS) is 23.2. The van der Waals surface area contributed by atoms with Crippen molar-refractivity contribution in [1.29, 1.82) is 0 Å². The number of hydrogen-bond donors (Lipinski definition) is 0. The van der Waals surface area contributed by atoms with Gasteiger partial charge in [-0.25, -0.2) is 15.0 Å². The maximum absolute atomic E-state index is 5.53. The lowest BCUT2D eigenvalue weighted by Crippen LogP contribution is -2.66. The second-order valence-corrected chi connectivity index (χ2v) is 16.3. The molecule has 53 heavy (non-hydrogen) atoms. The van der Waals surface area contributed by atoms with Crippen LogP contribution in [0.25, 0.3) is 0 Å². The van der Waals surface area contributed by atoms with E-state index in [9.17, 15) is 0 Å². The van der Waals surface area contributed by atoms with Crippen LogP contribution in [-0.4, -0.2) is 33.3 Å². The summed E-state index contributed by atoms with van der Waals surface area (Å²) in [4.78, 5) is 26.2. The SMILES string of the molecule is C=CC1(CC)c2ccccc2N2c3ncc(C(C)(C)C)nc3N(c3ccccc3)C2C1(CC)CC1N(c2ccccc2C)c2ncccc2N1C(C)C. The van der Waals surface area contributed by atoms with Crippen molar-refractivity contribution in [2.24, 2.45) is 5.41 Å². The Hall–Kier alpha value is -5.17. The molecule has 5 aromatic rings. The van der Waals surface area contributed by atoms with Crippen LogP contribution in [0.1, 0.15) is 84.5 Å². The van der Waals surface area contributed by atoms with Gasteiger partial charge in [-0.15, -0.1) is 6.58 Å². The summed E-state index contributed by atoms with van der Waals surface area (Å²) in [6, 6.07) is 33.2. The summed E-state index contributed by atoms with van der Waals surface area (Å²) in [5, 5.41) is 0. The van der Waals surface area contributed by atoms with E-state index in [1.807, 2.05) is 12.4 Å². The molecule has 7 heteroatoms. The third-order valence-corrected chi connectivity index (χ3v) is 12.4. The second-order valence-electron chi connectivity index (χ2n) is 16.3. The first-order valence-electron chi connectivity index (χ1n) is 19.3. The van der Waals surface area contributed by atoms with E-state index in [4.69, 9.17) is 21.5 Å². The summed E-state index contributed by atoms with van der Waals surface area (Å²) in [5.41, 5.74) is 7.18. The van der Waals surface area contributed by atoms with E-state index < -0.39 is 10.8 Å². The predicted octanol–water partition coefficient (Wildman–Crippen LogP) is 11.1. The van der Waals surface area contributed by atoms with Crippen LogP contribution in [0.3, 0.4) is 0 Å². The van der Waals surface area contributed by atoms with Crippen LogP contribution in [0.5, 0.6) is 0 Å². The Bertz CT molecular complexity index is 2160. The van der Waals surface area contributed by atoms with Crippen LogP contribution in [0.4, 0.5) is 40.2 Å². The molecule has 4 unspecified atom stereocenters. The summed E-state index contributed by atoms with van der Waals surface area (Å²) >= 11 is 0. The average molecular weight is 704 g/mol. The standard InChI is InChI=1S/C46H53N7/c1-10-45(11-2)34-24-17-19-26-36(34)53-41-42(49-38(30-48-41)44(7,8)9)51(33-22-14-13-15-23-33)43(53)46(45,12-3)29-39-50(31(4)5)37-27-20-28-47-40(37)52(39)35-25-18-16-21-32(35)6/h10,13-28,30-31,39,43H,1,11-12,29H2,2-9H3. The molecule has 5 heterocycles. The van der Waals surface area contributed by atoms with Gasteiger partial charge in [0.25, 0.3) is 0 Å². The summed E-state index contributed by atoms with van der Waals surface area (Å²) in [6.07, 6.45) is 8.64. The Morgan fingerprint density at radius 2 is 1.43 bits per heavy atom. The first-order chi connectivity index (χ1) is 25.5. The number of hydrogen-bond acceptors (Lipinski definition) is 7. The molecule has 8 rings (SSSR count). The molecule has 0 amide bonds. The molecule has 0 radical (unpaired) electrons. The highest BCUT2D eigenvalue weighted by Gasteiger charge is 2.66. The number of fused-ring (bicyclic) bond motifs is 6. The first-order valence-corrected chi connectivity index (χ1v) is 19.3. The molecule has 7 nitrogen and oxygen atoms in total. The predicted molar refractivity (Wildman–Crippen MR) is 220 cm³/mol. The van der Waals surface area contributed by atoms with Gasteiger partial charge < -0.3 is 19.6 Å². The third-order valence-electron chi connectivity index (χ3n) is 12.4. The molecule has 0 saturated carbocycles. The molecule has 3 aromatic carbocycles. The smallest absolute Gasteiger partial charge is 0.178 e. The molecular formula is C46H53N7. The molecule has 3 aliphatic heterocycles. The molecule has 3 aliphatic rings. The third kappa shape index (κ3) is 4.95. The van der Waals surface area contributed by atoms with Gasteiger partial charge in [0.15, 0.2) is 17.5 Å². The zero-order valence-corrected chi connectivity index (χ0v) is 32.6. The van der Waals surface area contributed by atoms with Crippen molar-refractivity contribution in [3.63, 3.8) is 0 Å². The molecule has 0 saturated heterocycles. The largest absolute Gasteiger partial charge is 0.345 e. The zero-order valence-electron chi connectivity index (χ0n) is 32.6. The van der Waals surface area contributed by atoms with E-state index in [2.05, 4.69) is 172 Å². The van der Waals surface area contributed by atoms with Crippen LogP contribution >= 0.6 is 0 Å². The van der Waals surface area contributed by atoms with Crippen molar-refractivity contribution in [2.75, 3.05) is 19.6 Å². The number of rotatable bonds is 8. The lowest BCUT2D eigenvalue weighted by molar-refractivity contribution is 0.0748. The van der Waals surface area contributed by atoms with E-state index in [0.717, 1.165) is 48.1 Å². The fraction of sp³-hybridized carbons (Fsp3) is 0.370. The lowest BCUT2D eigenvalue weighted by atomic mass is 9.51. The van der Waals surface area contributed by atoms with Gasteiger partial charge in [-0.1, -0.05) is 95.3 Å². The van der Waals surface area contributed by atoms with E-state index >= 15 is 0 Å². The van der Waals surface area contributed by atoms with Gasteiger partial charge >= 0.3 is 0 Å². The van der Waals surface area contributed by atoms with Crippen LogP contribution < -0.4 is 19.6 Å². The van der Waals surface area contributed by atoms with Crippen molar-refractivity contribution in [1.82, 2.24) is 15.0 Å². The van der Waals surface area contributed by atoms with Gasteiger partial charge in [0.1, 0.15) is 12.3 Å². The van der Waals surface area contributed by atoms with Crippen LogP contribution in [0.15, 0.2) is 116 Å². The highest BCUT2D eigenvalue weighted by Crippen LogP contribution is 2.67. The van der Waals surface area contributed by atoms with Crippen LogP contribution in [0.2, 0.25) is 0 Å². The monoisotopic (exact) mass is 703 g/mol. The minimum atomic E-state index is -0.404. The van der Waals surface area contributed by atoms with Crippen molar-refractivity contribution in [3.8, 4) is 0 Å². The molecule has 0 spiro atoms. The maximum Gasteiger partial charge on any atom is 0.178 e. The molecule has 2 aromatic heterocycles. The van der Waals surface area contributed by atoms with Crippen molar-refractivity contribution in [2.45, 2.75) is 104 Å². The summed E-state index contributed by atoms with van der Waals surface area (Å²) < 4.78 is 0. The van der Waals surface area contributed by atoms with Gasteiger partial charge in [-0.2, -0.15) is 0 Å². The van der Waals surface area contributed by atoms with Crippen LogP contribution in [-0.2, 0) is 10.8 Å². The molecule has 0 N–H and O–H groups in total. The number of allylic oxidation sites excluding steroid dienone is 1. The number of benzene rings is 3. The Morgan fingerprint density at radius 3 is 2.09 bits per heavy atom. The van der Waals surface area contributed by atoms with E-state index in [1.165, 1.54) is 28.2 Å². The minimum Gasteiger partial charge on any atom is -0.345 e. The van der Waals surface area contributed by atoms with Crippen LogP contribution in [0, 0.1) is 12.3 Å². The lowest BCUT2D eigenvalue weighted by Gasteiger charge is -2.61. The molecular weight excluding hydrogens is 651 g/mol. The fourth-order valence-electron chi connectivity index (χ4n) is 9.94. The molecule has 4 atom stereocenters. The van der Waals surface area contributed by atoms with Gasteiger partial charge in [0, 0.05) is 45.5 Å². The first kappa shape index (κ1) is 34.9. The van der Waals surface area contributed by atoms with Crippen molar-refractivity contribution < 1.29 is 0 Å². The molecule has 272 valence electrons. The van der Waals surface area contributed by atoms with E-state index in [1.54, 1.807) is 0 Å². The van der Waals surface area contributed by atoms with Gasteiger partial charge in [0.05, 0.1) is 17.6 Å². The maximum atomic E-state index is 5.53. The number of anilines is 7. The van der Waals surface area contributed by atoms with Gasteiger partial charge in [-0.05, 0) is 87.6 Å². The number of para-hydroxylation sites is 3. The highest BCUT2D eigenvalue weighted by atomic mass is 15.5. The number of nitrogens with zero attached hydrogens (tertiary/aromatic N) is 7. The Kier molecular flexibility index (Phi) is 8.39. The number of aromatic nitrogens is 3. The highest BCUT2D eigenvalue weighted by molar-refractivity contribution is 5.88. The average Bonchev–Trinajstić information content (AvgIpc) is 3.68. The van der Waals surface area contributed by atoms with E-state index in [-0.39, 0.29) is 23.8 Å². The quantitative estimate of drug-likeness (QED) is 0.149. The molecule has 0 aliphatic carbocycles. The van der Waals surface area contributed by atoms with Gasteiger partial charge in [0.2, 0.25) is 0 Å². The summed E-state index contributed by atoms with van der Waals surface area (Å²) in [7, 11) is 0. The fourth-order valence-corrected chi connectivity index (χ4v) is 9.94. The van der Waals surface area contributed by atoms with E-state index in [0.29, 0.717) is 0 Å². The molecule has 0 fully saturated rings. The zero-order chi connectivity index (χ0) is 37.3. The van der Waals surface area contributed by atoms with Gasteiger partial charge in [-0.3, -0.25) is 0 Å². The van der Waals surface area contributed by atoms with Crippen molar-refractivity contribution >= 4 is 40.2 Å².